The zero-order valence-corrected chi connectivity index (χ0v) is 75.6. The van der Waals surface area contributed by atoms with Gasteiger partial charge in [0.15, 0.2) is 17.5 Å². The maximum atomic E-state index is 13.8. The first kappa shape index (κ1) is 90.5. The van der Waals surface area contributed by atoms with Crippen LogP contribution >= 0.6 is 39.1 Å². The molecule has 9 aromatic rings. The third-order valence-electron chi connectivity index (χ3n) is 26.2. The number of halogens is 6. The van der Waals surface area contributed by atoms with Gasteiger partial charge in [0.25, 0.3) is 17.7 Å². The van der Waals surface area contributed by atoms with Crippen LogP contribution in [-0.4, -0.2) is 287 Å². The number of aromatic nitrogens is 9. The standard InChI is InChI=1S/C31H34BrFN8O2.2C31H34ClFN8O2/c1-20(33)30(42)41-15-14-40(17-23(41)16-34-2)28-24-10-13-39(29-27-21(9-11-35-29)6-4-8-25(27)32)18-26(24)36-31(37-28)43-19-22-7-5-12-38(22)3;1-20(33)30(42)41-15-14-40(17-23(41)16-34-2)29-24-10-13-39(26-8-4-6-21-9-11-35-28(32)27(21)26)18-25(24)36-31(37-29)43-19-22-7-5-12-38(22)3;1-20(33)30(42)41-13-12-40(17-23(41)15-34-2)29-24-9-11-39(27-16-35-14-21-6-4-8-25(32)28(21)27)18-26(24)36-31(37-29)43-19-22-7-5-10-38(22)3/h2*4,6,8-9,11,22-23H,1,5,7,10,12-19H2,3H3;4,6,8,14,16,22-23H,1,5,7,9-13,15,17-19H2,3H3/t3*22-,23-/m000/s1. The molecule has 0 spiro atoms. The summed E-state index contributed by atoms with van der Waals surface area (Å²) in [5.74, 6) is -2.18. The number of benzene rings is 3. The van der Waals surface area contributed by atoms with Gasteiger partial charge in [-0.3, -0.25) is 19.4 Å². The van der Waals surface area contributed by atoms with E-state index in [-0.39, 0.29) is 39.3 Å². The lowest BCUT2D eigenvalue weighted by Gasteiger charge is -2.41. The van der Waals surface area contributed by atoms with E-state index >= 15 is 0 Å². The number of carbonyl (C=O) groups is 3. The molecular formula is C93H102BrCl2F3N24O6. The Balaban J connectivity index is 0.000000142. The van der Waals surface area contributed by atoms with Gasteiger partial charge in [0.1, 0.15) is 66.4 Å². The number of hydrogen-bond donors (Lipinski definition) is 0. The molecule has 0 bridgehead atoms. The predicted octanol–water partition coefficient (Wildman–Crippen LogP) is 12.5. The highest BCUT2D eigenvalue weighted by Gasteiger charge is 2.42. The minimum absolute atomic E-state index is 0.0583. The molecule has 3 amide bonds. The summed E-state index contributed by atoms with van der Waals surface area (Å²) in [7, 11) is 6.32. The Bertz CT molecular complexity index is 5330. The number of carbonyl (C=O) groups excluding carboxylic acids is 3. The molecule has 0 N–H and O–H groups in total. The molecule has 0 saturated carbocycles. The molecule has 0 unspecified atom stereocenters. The van der Waals surface area contributed by atoms with E-state index in [0.717, 1.165) is 170 Å². The van der Waals surface area contributed by atoms with E-state index < -0.39 is 53.3 Å². The van der Waals surface area contributed by atoms with Crippen molar-refractivity contribution >= 4 is 124 Å². The van der Waals surface area contributed by atoms with Gasteiger partial charge in [0.05, 0.1) is 53.6 Å². The largest absolute Gasteiger partial charge is 0.462 e. The summed E-state index contributed by atoms with van der Waals surface area (Å²) in [4.78, 5) is 115. The van der Waals surface area contributed by atoms with Gasteiger partial charge in [-0.15, -0.1) is 0 Å². The number of pyridine rings is 3. The minimum atomic E-state index is -1.02. The van der Waals surface area contributed by atoms with Crippen molar-refractivity contribution in [3.63, 3.8) is 0 Å². The normalized spacial score (nSPS) is 20.7. The van der Waals surface area contributed by atoms with Crippen LogP contribution < -0.4 is 43.6 Å². The highest BCUT2D eigenvalue weighted by atomic mass is 79.9. The van der Waals surface area contributed by atoms with Crippen molar-refractivity contribution in [1.29, 1.82) is 0 Å². The number of likely N-dealkylation sites (N-methyl/N-ethyl adjacent to an activating group) is 3. The molecule has 6 aromatic heterocycles. The third-order valence-corrected chi connectivity index (χ3v) is 27.4. The monoisotopic (exact) mass is 1860 g/mol. The summed E-state index contributed by atoms with van der Waals surface area (Å²) in [6.45, 7) is 43.6. The molecule has 0 radical (unpaired) electrons. The Morgan fingerprint density at radius 3 is 1.26 bits per heavy atom. The number of ether oxygens (including phenoxy) is 3. The van der Waals surface area contributed by atoms with Crippen molar-refractivity contribution in [3.05, 3.63) is 211 Å². The number of amides is 3. The van der Waals surface area contributed by atoms with E-state index in [1.807, 2.05) is 73.2 Å². The fraction of sp³-hybridized carbons (Fsp3) is 0.452. The topological polar surface area (TPSA) is 247 Å². The molecular weight excluding hydrogens is 1760 g/mol. The van der Waals surface area contributed by atoms with Gasteiger partial charge in [0.2, 0.25) is 19.6 Å². The smallest absolute Gasteiger partial charge is 0.318 e. The number of likely N-dealkylation sites (tertiary alicyclic amines) is 3. The Kier molecular flexibility index (Phi) is 28.4. The fourth-order valence-corrected chi connectivity index (χ4v) is 20.4. The van der Waals surface area contributed by atoms with Gasteiger partial charge in [-0.2, -0.15) is 29.9 Å². The molecule has 9 aliphatic rings. The van der Waals surface area contributed by atoms with Crippen LogP contribution in [0.25, 0.3) is 46.9 Å². The van der Waals surface area contributed by atoms with Crippen molar-refractivity contribution in [1.82, 2.24) is 74.3 Å². The van der Waals surface area contributed by atoms with Crippen LogP contribution in [0.4, 0.5) is 47.8 Å². The molecule has 3 aromatic carbocycles. The van der Waals surface area contributed by atoms with Crippen molar-refractivity contribution in [3.8, 4) is 18.0 Å². The number of hydrogen-bond acceptors (Lipinski definition) is 24. The van der Waals surface area contributed by atoms with E-state index in [0.29, 0.717) is 157 Å². The molecule has 6 fully saturated rings. The molecule has 0 aliphatic carbocycles. The van der Waals surface area contributed by atoms with E-state index in [9.17, 15) is 27.6 Å². The van der Waals surface area contributed by atoms with Crippen molar-refractivity contribution in [2.45, 2.75) is 114 Å². The predicted molar refractivity (Wildman–Crippen MR) is 495 cm³/mol. The summed E-state index contributed by atoms with van der Waals surface area (Å²) >= 11 is 16.9. The second-order valence-corrected chi connectivity index (χ2v) is 35.6. The summed E-state index contributed by atoms with van der Waals surface area (Å²) < 4.78 is 61.1. The first-order valence-corrected chi connectivity index (χ1v) is 45.3. The summed E-state index contributed by atoms with van der Waals surface area (Å²) in [6, 6.07) is 22.4. The first-order valence-electron chi connectivity index (χ1n) is 43.7. The molecule has 30 nitrogen and oxygen atoms in total. The van der Waals surface area contributed by atoms with Gasteiger partial charge < -0.3 is 87.5 Å². The molecule has 15 heterocycles. The highest BCUT2D eigenvalue weighted by Crippen LogP contribution is 2.42. The average Bonchev–Trinajstić information content (AvgIpc) is 0.905. The first-order chi connectivity index (χ1) is 62.5. The van der Waals surface area contributed by atoms with E-state index in [2.05, 4.69) is 138 Å². The molecule has 9 aliphatic heterocycles. The molecule has 6 saturated heterocycles. The lowest BCUT2D eigenvalue weighted by Crippen LogP contribution is -2.57. The van der Waals surface area contributed by atoms with E-state index in [4.69, 9.17) is 92.0 Å². The fourth-order valence-electron chi connectivity index (χ4n) is 19.3. The number of fused-ring (bicyclic) bond motifs is 6. The van der Waals surface area contributed by atoms with Gasteiger partial charge in [-0.25, -0.2) is 42.9 Å². The average molecular weight is 1860 g/mol. The number of nitrogens with zero attached hydrogens (tertiary/aromatic N) is 24. The van der Waals surface area contributed by atoms with Crippen LogP contribution in [0.2, 0.25) is 10.2 Å². The second kappa shape index (κ2) is 40.4. The van der Waals surface area contributed by atoms with Crippen LogP contribution in [0.5, 0.6) is 18.0 Å². The number of rotatable bonds is 21. The van der Waals surface area contributed by atoms with Crippen LogP contribution in [0.1, 0.15) is 72.3 Å². The second-order valence-electron chi connectivity index (χ2n) is 34.0. The summed E-state index contributed by atoms with van der Waals surface area (Å²) in [5.41, 5.74) is 7.57. The van der Waals surface area contributed by atoms with Gasteiger partial charge in [-0.05, 0) is 140 Å². The van der Waals surface area contributed by atoms with Crippen LogP contribution in [-0.2, 0) is 53.3 Å². The highest BCUT2D eigenvalue weighted by molar-refractivity contribution is 9.10. The maximum Gasteiger partial charge on any atom is 0.318 e. The van der Waals surface area contributed by atoms with Crippen LogP contribution in [0.15, 0.2) is 133 Å². The minimum Gasteiger partial charge on any atom is -0.462 e. The molecule has 18 rings (SSSR count). The van der Waals surface area contributed by atoms with Crippen molar-refractivity contribution < 1.29 is 41.8 Å². The van der Waals surface area contributed by atoms with E-state index in [1.165, 1.54) is 14.7 Å². The molecule has 36 heteroatoms. The Morgan fingerprint density at radius 2 is 0.837 bits per heavy atom. The van der Waals surface area contributed by atoms with Gasteiger partial charge in [-0.1, -0.05) is 95.3 Å². The van der Waals surface area contributed by atoms with Gasteiger partial charge in [0, 0.05) is 164 Å². The number of piperazine rings is 3. The Labute approximate surface area is 766 Å². The lowest BCUT2D eigenvalue weighted by molar-refractivity contribution is -0.131. The van der Waals surface area contributed by atoms with Crippen LogP contribution in [0.3, 0.4) is 0 Å². The maximum absolute atomic E-state index is 13.8. The Morgan fingerprint density at radius 1 is 0.442 bits per heavy atom. The van der Waals surface area contributed by atoms with Gasteiger partial charge >= 0.3 is 18.0 Å². The third kappa shape index (κ3) is 19.9. The summed E-state index contributed by atoms with van der Waals surface area (Å²) in [5, 5.41) is 7.14. The molecule has 672 valence electrons. The molecule has 129 heavy (non-hydrogen) atoms. The SMILES string of the molecule is [C-]#[N+]C[C@H]1CN(c2nc(OC[C@@H]3CCCN3C)nc3c2CCN(c2cccc4ccnc(Cl)c24)C3)CCN1C(=O)C(=C)F.[C-]#[N+]C[C@H]1CN(c2nc(OC[C@@H]3CCCN3C)nc3c2CCN(c2cncc4cccc(Cl)c24)C3)CCN1C(=O)C(=C)F.[C-]#[N+]C[C@H]1CN(c2nc(OC[C@@H]3CCCN3C)nc3c2CCN(c2nccc4cccc(Br)c24)C3)CCN1C(=O)C(=C)F. The van der Waals surface area contributed by atoms with E-state index in [1.54, 1.807) is 6.20 Å². The van der Waals surface area contributed by atoms with Crippen molar-refractivity contribution in [2.75, 3.05) is 188 Å². The quantitative estimate of drug-likeness (QED) is 0.0368. The van der Waals surface area contributed by atoms with Crippen LogP contribution in [0, 0.1) is 19.7 Å². The Hall–Kier alpha value is -11.8. The number of anilines is 6. The zero-order valence-electron chi connectivity index (χ0n) is 72.5. The zero-order chi connectivity index (χ0) is 90.3. The van der Waals surface area contributed by atoms with Crippen molar-refractivity contribution in [2.24, 2.45) is 0 Å². The summed E-state index contributed by atoms with van der Waals surface area (Å²) in [6.07, 6.45) is 15.8. The molecule has 6 atom stereocenters. The lowest BCUT2D eigenvalue weighted by atomic mass is 10.0.